The van der Waals surface area contributed by atoms with Gasteiger partial charge in [0.25, 0.3) is 0 Å². The summed E-state index contributed by atoms with van der Waals surface area (Å²) < 4.78 is 0. The van der Waals surface area contributed by atoms with Crippen LogP contribution < -0.4 is 4.90 Å². The maximum absolute atomic E-state index is 12.3. The summed E-state index contributed by atoms with van der Waals surface area (Å²) in [5, 5.41) is 0.0543. The molecule has 0 N–H and O–H groups in total. The van der Waals surface area contributed by atoms with Crippen LogP contribution in [0.1, 0.15) is 6.42 Å². The molecule has 1 fully saturated rings. The van der Waals surface area contributed by atoms with Crippen molar-refractivity contribution in [3.8, 4) is 0 Å². The molecule has 2 heterocycles. The van der Waals surface area contributed by atoms with Crippen LogP contribution in [0.3, 0.4) is 0 Å². The molecule has 5 nitrogen and oxygen atoms in total. The Kier molecular flexibility index (Phi) is 3.47. The molecule has 0 spiro atoms. The van der Waals surface area contributed by atoms with Gasteiger partial charge >= 0.3 is 0 Å². The SMILES string of the molecule is O=C1C[C@@H](Sc2ncccn2)C(=O)N1c1ccccc1. The van der Waals surface area contributed by atoms with Crippen molar-refractivity contribution in [1.82, 2.24) is 9.97 Å². The van der Waals surface area contributed by atoms with Crippen LogP contribution in [-0.4, -0.2) is 27.0 Å². The van der Waals surface area contributed by atoms with E-state index in [9.17, 15) is 9.59 Å². The van der Waals surface area contributed by atoms with Gasteiger partial charge in [0.2, 0.25) is 11.8 Å². The first-order chi connectivity index (χ1) is 9.75. The molecule has 1 aliphatic rings. The molecule has 0 radical (unpaired) electrons. The third kappa shape index (κ3) is 2.42. The van der Waals surface area contributed by atoms with E-state index < -0.39 is 5.25 Å². The van der Waals surface area contributed by atoms with E-state index in [-0.39, 0.29) is 18.2 Å². The summed E-state index contributed by atoms with van der Waals surface area (Å²) in [6.07, 6.45) is 3.41. The number of aromatic nitrogens is 2. The monoisotopic (exact) mass is 285 g/mol. The Hall–Kier alpha value is -2.21. The molecular weight excluding hydrogens is 274 g/mol. The first-order valence-corrected chi connectivity index (χ1v) is 6.99. The molecule has 1 atom stereocenters. The van der Waals surface area contributed by atoms with Crippen molar-refractivity contribution >= 4 is 29.3 Å². The van der Waals surface area contributed by atoms with Crippen LogP contribution in [0, 0.1) is 0 Å². The minimum Gasteiger partial charge on any atom is -0.274 e. The molecular formula is C14H11N3O2S. The summed E-state index contributed by atoms with van der Waals surface area (Å²) in [5.74, 6) is -0.395. The van der Waals surface area contributed by atoms with Gasteiger partial charge in [-0.15, -0.1) is 0 Å². The van der Waals surface area contributed by atoms with Gasteiger partial charge in [-0.05, 0) is 18.2 Å². The van der Waals surface area contributed by atoms with Crippen molar-refractivity contribution < 1.29 is 9.59 Å². The van der Waals surface area contributed by atoms with Crippen molar-refractivity contribution in [3.63, 3.8) is 0 Å². The Labute approximate surface area is 120 Å². The van der Waals surface area contributed by atoms with E-state index in [2.05, 4.69) is 9.97 Å². The lowest BCUT2D eigenvalue weighted by atomic mass is 10.3. The van der Waals surface area contributed by atoms with E-state index in [1.165, 1.54) is 16.7 Å². The van der Waals surface area contributed by atoms with Gasteiger partial charge < -0.3 is 0 Å². The number of thioether (sulfide) groups is 1. The van der Waals surface area contributed by atoms with Crippen molar-refractivity contribution in [2.75, 3.05) is 4.90 Å². The fourth-order valence-corrected chi connectivity index (χ4v) is 2.95. The van der Waals surface area contributed by atoms with Gasteiger partial charge in [0, 0.05) is 18.8 Å². The van der Waals surface area contributed by atoms with Gasteiger partial charge in [0.05, 0.1) is 5.69 Å². The number of carbonyl (C=O) groups excluding carboxylic acids is 2. The summed E-state index contributed by atoms with van der Waals surface area (Å²) in [5.41, 5.74) is 0.611. The largest absolute Gasteiger partial charge is 0.274 e. The minimum absolute atomic E-state index is 0.177. The lowest BCUT2D eigenvalue weighted by molar-refractivity contribution is -0.121. The van der Waals surface area contributed by atoms with E-state index >= 15 is 0 Å². The van der Waals surface area contributed by atoms with Crippen LogP contribution in [0.4, 0.5) is 5.69 Å². The second-order valence-corrected chi connectivity index (χ2v) is 5.41. The lowest BCUT2D eigenvalue weighted by Gasteiger charge is -2.14. The molecule has 3 rings (SSSR count). The van der Waals surface area contributed by atoms with Gasteiger partial charge in [0.1, 0.15) is 5.25 Å². The third-order valence-corrected chi connectivity index (χ3v) is 3.98. The maximum Gasteiger partial charge on any atom is 0.247 e. The zero-order valence-corrected chi connectivity index (χ0v) is 11.3. The van der Waals surface area contributed by atoms with Crippen LogP contribution in [0.2, 0.25) is 0 Å². The van der Waals surface area contributed by atoms with Gasteiger partial charge in [0.15, 0.2) is 5.16 Å². The summed E-state index contributed by atoms with van der Waals surface area (Å²) in [6, 6.07) is 10.7. The lowest BCUT2D eigenvalue weighted by Crippen LogP contribution is -2.31. The molecule has 1 saturated heterocycles. The van der Waals surface area contributed by atoms with Crippen LogP contribution in [-0.2, 0) is 9.59 Å². The molecule has 2 amide bonds. The fraction of sp³-hybridized carbons (Fsp3) is 0.143. The maximum atomic E-state index is 12.3. The quantitative estimate of drug-likeness (QED) is 0.636. The number of benzene rings is 1. The number of rotatable bonds is 3. The summed E-state index contributed by atoms with van der Waals surface area (Å²) in [7, 11) is 0. The highest BCUT2D eigenvalue weighted by molar-refractivity contribution is 8.00. The molecule has 1 aliphatic heterocycles. The molecule has 0 aliphatic carbocycles. The normalized spacial score (nSPS) is 18.6. The summed E-state index contributed by atoms with van der Waals surface area (Å²) >= 11 is 1.23. The average molecular weight is 285 g/mol. The molecule has 1 aromatic heterocycles. The molecule has 20 heavy (non-hydrogen) atoms. The molecule has 1 aromatic carbocycles. The molecule has 0 saturated carbocycles. The Morgan fingerprint density at radius 3 is 2.45 bits per heavy atom. The highest BCUT2D eigenvalue weighted by Crippen LogP contribution is 2.31. The van der Waals surface area contributed by atoms with E-state index in [4.69, 9.17) is 0 Å². The highest BCUT2D eigenvalue weighted by Gasteiger charge is 2.40. The highest BCUT2D eigenvalue weighted by atomic mass is 32.2. The Morgan fingerprint density at radius 2 is 1.75 bits per heavy atom. The number of anilines is 1. The fourth-order valence-electron chi connectivity index (χ4n) is 2.02. The smallest absolute Gasteiger partial charge is 0.247 e. The van der Waals surface area contributed by atoms with Crippen LogP contribution in [0.25, 0.3) is 0 Å². The number of hydrogen-bond acceptors (Lipinski definition) is 5. The molecule has 0 unspecified atom stereocenters. The third-order valence-electron chi connectivity index (χ3n) is 2.91. The minimum atomic E-state index is -0.454. The Bertz CT molecular complexity index is 633. The molecule has 2 aromatic rings. The number of carbonyl (C=O) groups is 2. The van der Waals surface area contributed by atoms with Gasteiger partial charge in [-0.3, -0.25) is 9.59 Å². The van der Waals surface area contributed by atoms with Gasteiger partial charge in [-0.2, -0.15) is 0 Å². The second kappa shape index (κ2) is 5.42. The molecule has 6 heteroatoms. The van der Waals surface area contributed by atoms with Gasteiger partial charge in [-0.1, -0.05) is 30.0 Å². The van der Waals surface area contributed by atoms with Crippen LogP contribution >= 0.6 is 11.8 Å². The number of para-hydroxylation sites is 1. The first kappa shape index (κ1) is 12.8. The van der Waals surface area contributed by atoms with Crippen LogP contribution in [0.15, 0.2) is 53.9 Å². The van der Waals surface area contributed by atoms with E-state index in [1.54, 1.807) is 42.7 Å². The summed E-state index contributed by atoms with van der Waals surface area (Å²) in [6.45, 7) is 0. The number of nitrogens with zero attached hydrogens (tertiary/aromatic N) is 3. The van der Waals surface area contributed by atoms with Gasteiger partial charge in [-0.25, -0.2) is 14.9 Å². The zero-order chi connectivity index (χ0) is 13.9. The number of imide groups is 1. The van der Waals surface area contributed by atoms with Crippen molar-refractivity contribution in [2.45, 2.75) is 16.8 Å². The van der Waals surface area contributed by atoms with Crippen LogP contribution in [0.5, 0.6) is 0 Å². The number of hydrogen-bond donors (Lipinski definition) is 0. The van der Waals surface area contributed by atoms with E-state index in [0.29, 0.717) is 10.8 Å². The first-order valence-electron chi connectivity index (χ1n) is 6.11. The summed E-state index contributed by atoms with van der Waals surface area (Å²) in [4.78, 5) is 33.8. The standard InChI is InChI=1S/C14H11N3O2S/c18-12-9-11(20-14-15-7-4-8-16-14)13(19)17(12)10-5-2-1-3-6-10/h1-8,11H,9H2/t11-/m1/s1. The molecule has 0 bridgehead atoms. The molecule has 100 valence electrons. The average Bonchev–Trinajstić information content (AvgIpc) is 2.75. The Morgan fingerprint density at radius 1 is 1.05 bits per heavy atom. The van der Waals surface area contributed by atoms with Crippen molar-refractivity contribution in [3.05, 3.63) is 48.8 Å². The van der Waals surface area contributed by atoms with E-state index in [1.807, 2.05) is 6.07 Å². The number of amides is 2. The predicted octanol–water partition coefficient (Wildman–Crippen LogP) is 1.90. The van der Waals surface area contributed by atoms with Crippen molar-refractivity contribution in [1.29, 1.82) is 0 Å². The second-order valence-electron chi connectivity index (χ2n) is 4.24. The topological polar surface area (TPSA) is 63.2 Å². The van der Waals surface area contributed by atoms with E-state index in [0.717, 1.165) is 0 Å². The predicted molar refractivity (Wildman–Crippen MR) is 75.2 cm³/mol. The Balaban J connectivity index is 1.81. The van der Waals surface area contributed by atoms with Crippen molar-refractivity contribution in [2.24, 2.45) is 0 Å². The zero-order valence-electron chi connectivity index (χ0n) is 10.5.